The minimum Gasteiger partial charge on any atom is -0.560 e. The number of hydrogen-bond donors (Lipinski definition) is 3. The SMILES string of the molecule is C=C(C)C(=O)OCC(O)COc1ccc(Cc2ccc(O[B]C(O)COc3ccc(Cc4ccc(O)cc4)cc3)cc2)cc1. The number of carbonyl (C=O) groups is 1. The minimum atomic E-state index is -0.939. The number of carbonyl (C=O) groups excluding carboxylic acids is 1. The second-order valence-corrected chi connectivity index (χ2v) is 10.4. The number of phenols is 1. The maximum absolute atomic E-state index is 11.4. The van der Waals surface area contributed by atoms with Crippen molar-refractivity contribution in [3.05, 3.63) is 131 Å². The Bertz CT molecular complexity index is 1470. The fraction of sp³-hybridized carbons (Fsp3) is 0.229. The Morgan fingerprint density at radius 2 is 1.11 bits per heavy atom. The molecule has 2 atom stereocenters. The molecule has 0 spiro atoms. The van der Waals surface area contributed by atoms with Gasteiger partial charge in [-0.05, 0) is 90.6 Å². The van der Waals surface area contributed by atoms with Crippen molar-refractivity contribution in [3.63, 3.8) is 0 Å². The Kier molecular flexibility index (Phi) is 11.9. The van der Waals surface area contributed by atoms with Crippen LogP contribution in [0.5, 0.6) is 23.0 Å². The molecule has 3 N–H and O–H groups in total. The molecule has 4 rings (SSSR count). The summed E-state index contributed by atoms with van der Waals surface area (Å²) in [5.74, 6) is 1.55. The highest BCUT2D eigenvalue weighted by molar-refractivity contribution is 6.30. The van der Waals surface area contributed by atoms with Gasteiger partial charge in [0.05, 0.1) is 5.75 Å². The zero-order chi connectivity index (χ0) is 31.3. The third kappa shape index (κ3) is 10.8. The van der Waals surface area contributed by atoms with Gasteiger partial charge in [0.1, 0.15) is 49.2 Å². The number of aliphatic hydroxyl groups is 2. The average molecular weight is 595 g/mol. The fourth-order valence-electron chi connectivity index (χ4n) is 4.09. The zero-order valence-corrected chi connectivity index (χ0v) is 24.6. The van der Waals surface area contributed by atoms with Gasteiger partial charge in [-0.3, -0.25) is 0 Å². The average Bonchev–Trinajstić information content (AvgIpc) is 3.03. The quantitative estimate of drug-likeness (QED) is 0.0960. The van der Waals surface area contributed by atoms with E-state index >= 15 is 0 Å². The molecule has 0 heterocycles. The van der Waals surface area contributed by atoms with E-state index in [1.807, 2.05) is 84.9 Å². The van der Waals surface area contributed by atoms with Gasteiger partial charge in [-0.1, -0.05) is 55.1 Å². The number of ether oxygens (including phenoxy) is 3. The summed E-state index contributed by atoms with van der Waals surface area (Å²) in [6.07, 6.45) is 0.509. The molecule has 4 aromatic carbocycles. The first kappa shape index (κ1) is 32.2. The summed E-state index contributed by atoms with van der Waals surface area (Å²) < 4.78 is 21.8. The highest BCUT2D eigenvalue weighted by Crippen LogP contribution is 2.20. The van der Waals surface area contributed by atoms with Crippen LogP contribution in [0.1, 0.15) is 29.2 Å². The van der Waals surface area contributed by atoms with Crippen LogP contribution >= 0.6 is 0 Å². The van der Waals surface area contributed by atoms with Crippen molar-refractivity contribution in [3.8, 4) is 23.0 Å². The largest absolute Gasteiger partial charge is 0.560 e. The highest BCUT2D eigenvalue weighted by Gasteiger charge is 2.12. The van der Waals surface area contributed by atoms with Crippen molar-refractivity contribution in [2.24, 2.45) is 0 Å². The second kappa shape index (κ2) is 16.2. The number of rotatable bonds is 16. The van der Waals surface area contributed by atoms with Crippen LogP contribution in [0.4, 0.5) is 0 Å². The van der Waals surface area contributed by atoms with Crippen LogP contribution in [0.2, 0.25) is 0 Å². The predicted octanol–water partition coefficient (Wildman–Crippen LogP) is 4.83. The van der Waals surface area contributed by atoms with E-state index in [9.17, 15) is 20.1 Å². The van der Waals surface area contributed by atoms with E-state index < -0.39 is 18.1 Å². The molecule has 1 radical (unpaired) electrons. The first-order valence-electron chi connectivity index (χ1n) is 14.2. The number of aromatic hydroxyl groups is 1. The summed E-state index contributed by atoms with van der Waals surface area (Å²) in [4.78, 5) is 11.4. The summed E-state index contributed by atoms with van der Waals surface area (Å²) in [6, 6.07) is 29.0. The Morgan fingerprint density at radius 1 is 0.682 bits per heavy atom. The molecule has 0 aliphatic rings. The topological polar surface area (TPSA) is 115 Å². The van der Waals surface area contributed by atoms with E-state index in [0.717, 1.165) is 28.7 Å². The standard InChI is InChI=1S/C35H36BO8/c1-24(2)35(40)43-22-30(38)21-41-31-13-5-27(6-14-31)20-28-9-17-33(18-10-28)44-36-34(39)23-42-32-15-7-26(8-16-32)19-25-3-11-29(37)12-4-25/h3-18,30,34,37-39H,1,19-23H2,2H3. The van der Waals surface area contributed by atoms with Gasteiger partial charge in [-0.25, -0.2) is 4.79 Å². The number of benzene rings is 4. The lowest BCUT2D eigenvalue weighted by Gasteiger charge is -2.13. The van der Waals surface area contributed by atoms with Crippen molar-refractivity contribution < 1.29 is 39.0 Å². The number of esters is 1. The molecule has 0 fully saturated rings. The molecular formula is C35H36BO8. The van der Waals surface area contributed by atoms with Crippen LogP contribution < -0.4 is 14.1 Å². The van der Waals surface area contributed by atoms with Crippen molar-refractivity contribution in [1.82, 2.24) is 0 Å². The lowest BCUT2D eigenvalue weighted by atomic mass is 9.91. The third-order valence-electron chi connectivity index (χ3n) is 6.50. The van der Waals surface area contributed by atoms with Crippen LogP contribution in [-0.2, 0) is 22.4 Å². The first-order chi connectivity index (χ1) is 21.2. The first-order valence-corrected chi connectivity index (χ1v) is 14.2. The Hall–Kier alpha value is -4.73. The molecule has 2 unspecified atom stereocenters. The van der Waals surface area contributed by atoms with E-state index in [0.29, 0.717) is 23.7 Å². The highest BCUT2D eigenvalue weighted by atomic mass is 16.5. The molecule has 4 aromatic rings. The van der Waals surface area contributed by atoms with Gasteiger partial charge in [0, 0.05) is 5.57 Å². The number of aliphatic hydroxyl groups excluding tert-OH is 2. The van der Waals surface area contributed by atoms with Crippen LogP contribution in [0, 0.1) is 0 Å². The molecule has 227 valence electrons. The molecule has 0 aliphatic heterocycles. The van der Waals surface area contributed by atoms with Crippen molar-refractivity contribution >= 4 is 13.5 Å². The molecular weight excluding hydrogens is 559 g/mol. The van der Waals surface area contributed by atoms with Crippen molar-refractivity contribution in [1.29, 1.82) is 0 Å². The smallest absolute Gasteiger partial charge is 0.404 e. The monoisotopic (exact) mass is 595 g/mol. The summed E-state index contributed by atoms with van der Waals surface area (Å²) in [5.41, 5.74) is 4.65. The van der Waals surface area contributed by atoms with Crippen LogP contribution in [0.15, 0.2) is 109 Å². The van der Waals surface area contributed by atoms with E-state index in [2.05, 4.69) is 6.58 Å². The lowest BCUT2D eigenvalue weighted by molar-refractivity contribution is -0.142. The number of hydrogen-bond acceptors (Lipinski definition) is 8. The van der Waals surface area contributed by atoms with Gasteiger partial charge < -0.3 is 34.2 Å². The zero-order valence-electron chi connectivity index (χ0n) is 24.6. The van der Waals surface area contributed by atoms with Gasteiger partial charge >= 0.3 is 13.5 Å². The van der Waals surface area contributed by atoms with Crippen molar-refractivity contribution in [2.45, 2.75) is 31.9 Å². The van der Waals surface area contributed by atoms with Crippen LogP contribution in [0.3, 0.4) is 0 Å². The third-order valence-corrected chi connectivity index (χ3v) is 6.50. The summed E-state index contributed by atoms with van der Waals surface area (Å²) >= 11 is 0. The predicted molar refractivity (Wildman–Crippen MR) is 168 cm³/mol. The molecule has 0 aliphatic carbocycles. The van der Waals surface area contributed by atoms with E-state index in [1.54, 1.807) is 19.1 Å². The van der Waals surface area contributed by atoms with Crippen molar-refractivity contribution in [2.75, 3.05) is 19.8 Å². The molecule has 0 saturated carbocycles. The molecule has 0 aromatic heterocycles. The van der Waals surface area contributed by atoms with E-state index in [-0.39, 0.29) is 31.1 Å². The molecule has 0 saturated heterocycles. The fourth-order valence-corrected chi connectivity index (χ4v) is 4.09. The summed E-state index contributed by atoms with van der Waals surface area (Å²) in [5, 5.41) is 29.6. The summed E-state index contributed by atoms with van der Waals surface area (Å²) in [7, 11) is 1.34. The van der Waals surface area contributed by atoms with E-state index in [1.165, 1.54) is 7.48 Å². The van der Waals surface area contributed by atoms with Gasteiger partial charge in [0.25, 0.3) is 0 Å². The number of phenolic OH excluding ortho intramolecular Hbond substituents is 1. The minimum absolute atomic E-state index is 0.00175. The normalized spacial score (nSPS) is 12.1. The molecule has 8 nitrogen and oxygen atoms in total. The van der Waals surface area contributed by atoms with E-state index in [4.69, 9.17) is 18.9 Å². The molecule has 0 amide bonds. The Morgan fingerprint density at radius 3 is 1.59 bits per heavy atom. The van der Waals surface area contributed by atoms with Crippen LogP contribution in [0.25, 0.3) is 0 Å². The van der Waals surface area contributed by atoms with Gasteiger partial charge in [-0.2, -0.15) is 0 Å². The maximum Gasteiger partial charge on any atom is 0.404 e. The Labute approximate surface area is 258 Å². The maximum atomic E-state index is 11.4. The van der Waals surface area contributed by atoms with Crippen LogP contribution in [-0.4, -0.2) is 60.7 Å². The molecule has 9 heteroatoms. The Balaban J connectivity index is 1.14. The second-order valence-electron chi connectivity index (χ2n) is 10.4. The molecule has 44 heavy (non-hydrogen) atoms. The lowest BCUT2D eigenvalue weighted by Crippen LogP contribution is -2.28. The van der Waals surface area contributed by atoms with Gasteiger partial charge in [0.15, 0.2) is 0 Å². The summed E-state index contributed by atoms with van der Waals surface area (Å²) in [6.45, 7) is 4.93. The van der Waals surface area contributed by atoms with Gasteiger partial charge in [-0.15, -0.1) is 0 Å². The molecule has 0 bridgehead atoms. The van der Waals surface area contributed by atoms with Gasteiger partial charge in [0.2, 0.25) is 0 Å².